The van der Waals surface area contributed by atoms with Crippen molar-refractivity contribution in [3.63, 3.8) is 0 Å². The normalized spacial score (nSPS) is 23.1. The van der Waals surface area contributed by atoms with Crippen molar-refractivity contribution in [2.45, 2.75) is 44.6 Å². The highest BCUT2D eigenvalue weighted by Crippen LogP contribution is 2.43. The predicted octanol–water partition coefficient (Wildman–Crippen LogP) is 1.52. The van der Waals surface area contributed by atoms with Gasteiger partial charge in [0.15, 0.2) is 5.96 Å². The molecule has 0 radical (unpaired) electrons. The topological polar surface area (TPSA) is 45.7 Å². The highest BCUT2D eigenvalue weighted by Gasteiger charge is 2.36. The van der Waals surface area contributed by atoms with Gasteiger partial charge in [-0.05, 0) is 37.5 Å². The molecule has 0 saturated heterocycles. The fraction of sp³-hybridized carbons (Fsp3) is 0.923. The van der Waals surface area contributed by atoms with Gasteiger partial charge in [-0.1, -0.05) is 6.42 Å². The van der Waals surface area contributed by atoms with Gasteiger partial charge in [0, 0.05) is 33.4 Å². The van der Waals surface area contributed by atoms with Gasteiger partial charge >= 0.3 is 0 Å². The molecule has 2 aliphatic rings. The molecule has 0 unspecified atom stereocenters. The average Bonchev–Trinajstić information content (AvgIpc) is 3.09. The molecule has 0 spiro atoms. The molecule has 0 heterocycles. The summed E-state index contributed by atoms with van der Waals surface area (Å²) < 4.78 is 5.21. The van der Waals surface area contributed by atoms with E-state index < -0.39 is 0 Å². The van der Waals surface area contributed by atoms with Crippen molar-refractivity contribution in [2.24, 2.45) is 10.4 Å². The van der Waals surface area contributed by atoms with E-state index in [1.165, 1.54) is 32.1 Å². The van der Waals surface area contributed by atoms with Gasteiger partial charge in [0.05, 0.1) is 0 Å². The Balaban J connectivity index is 1.73. The maximum Gasteiger partial charge on any atom is 0.191 e. The van der Waals surface area contributed by atoms with Gasteiger partial charge < -0.3 is 15.4 Å². The lowest BCUT2D eigenvalue weighted by Crippen LogP contribution is -2.47. The van der Waals surface area contributed by atoms with Crippen LogP contribution in [0.15, 0.2) is 4.99 Å². The fourth-order valence-corrected chi connectivity index (χ4v) is 2.40. The van der Waals surface area contributed by atoms with Gasteiger partial charge in [0.1, 0.15) is 0 Å². The monoisotopic (exact) mass is 239 g/mol. The van der Waals surface area contributed by atoms with Gasteiger partial charge in [-0.25, -0.2) is 0 Å². The minimum absolute atomic E-state index is 0.456. The molecule has 98 valence electrons. The van der Waals surface area contributed by atoms with Crippen LogP contribution in [0.4, 0.5) is 0 Å². The SMILES string of the molecule is CN=C(NCC1(CCOC)CCC1)NC1CC1. The Kier molecular flexibility index (Phi) is 4.26. The van der Waals surface area contributed by atoms with Crippen LogP contribution < -0.4 is 10.6 Å². The highest BCUT2D eigenvalue weighted by molar-refractivity contribution is 5.80. The largest absolute Gasteiger partial charge is 0.385 e. The van der Waals surface area contributed by atoms with E-state index in [1.807, 2.05) is 7.05 Å². The molecule has 2 rings (SSSR count). The summed E-state index contributed by atoms with van der Waals surface area (Å²) in [5, 5.41) is 6.90. The average molecular weight is 239 g/mol. The molecule has 0 amide bonds. The lowest BCUT2D eigenvalue weighted by molar-refractivity contribution is 0.0732. The minimum Gasteiger partial charge on any atom is -0.385 e. The third-order valence-electron chi connectivity index (χ3n) is 4.02. The maximum atomic E-state index is 5.21. The van der Waals surface area contributed by atoms with E-state index in [4.69, 9.17) is 4.74 Å². The second kappa shape index (κ2) is 5.71. The Morgan fingerprint density at radius 3 is 2.65 bits per heavy atom. The van der Waals surface area contributed by atoms with E-state index >= 15 is 0 Å². The standard InChI is InChI=1S/C13H25N3O/c1-14-12(16-11-4-5-11)15-10-13(6-3-7-13)8-9-17-2/h11H,3-10H2,1-2H3,(H2,14,15,16). The number of nitrogens with one attached hydrogen (secondary N) is 2. The van der Waals surface area contributed by atoms with Gasteiger partial charge in [-0.15, -0.1) is 0 Å². The zero-order valence-electron chi connectivity index (χ0n) is 11.1. The molecular weight excluding hydrogens is 214 g/mol. The van der Waals surface area contributed by atoms with Crippen LogP contribution >= 0.6 is 0 Å². The van der Waals surface area contributed by atoms with Crippen LogP contribution in [-0.2, 0) is 4.74 Å². The van der Waals surface area contributed by atoms with Crippen molar-refractivity contribution >= 4 is 5.96 Å². The maximum absolute atomic E-state index is 5.21. The van der Waals surface area contributed by atoms with Gasteiger partial charge in [0.25, 0.3) is 0 Å². The summed E-state index contributed by atoms with van der Waals surface area (Å²) in [6.07, 6.45) is 7.75. The van der Waals surface area contributed by atoms with E-state index in [0.29, 0.717) is 11.5 Å². The second-order valence-corrected chi connectivity index (χ2v) is 5.44. The lowest BCUT2D eigenvalue weighted by Gasteiger charge is -2.42. The van der Waals surface area contributed by atoms with Crippen molar-refractivity contribution in [1.82, 2.24) is 10.6 Å². The van der Waals surface area contributed by atoms with Gasteiger partial charge in [-0.2, -0.15) is 0 Å². The molecule has 0 aromatic heterocycles. The molecule has 2 N–H and O–H groups in total. The summed E-state index contributed by atoms with van der Waals surface area (Å²) in [5.41, 5.74) is 0.456. The number of ether oxygens (including phenoxy) is 1. The van der Waals surface area contributed by atoms with E-state index in [-0.39, 0.29) is 0 Å². The van der Waals surface area contributed by atoms with Crippen LogP contribution in [-0.4, -0.2) is 39.3 Å². The minimum atomic E-state index is 0.456. The summed E-state index contributed by atoms with van der Waals surface area (Å²) in [7, 11) is 3.63. The molecule has 4 heteroatoms. The first-order chi connectivity index (χ1) is 8.28. The van der Waals surface area contributed by atoms with Crippen LogP contribution in [0, 0.1) is 5.41 Å². The molecule has 0 aromatic carbocycles. The molecule has 17 heavy (non-hydrogen) atoms. The predicted molar refractivity (Wildman–Crippen MR) is 70.3 cm³/mol. The number of methoxy groups -OCH3 is 1. The summed E-state index contributed by atoms with van der Waals surface area (Å²) in [6, 6.07) is 0.664. The van der Waals surface area contributed by atoms with Crippen molar-refractivity contribution < 1.29 is 4.74 Å². The first-order valence-corrected chi connectivity index (χ1v) is 6.74. The molecular formula is C13H25N3O. The highest BCUT2D eigenvalue weighted by atomic mass is 16.5. The zero-order chi connectivity index (χ0) is 12.1. The van der Waals surface area contributed by atoms with Crippen molar-refractivity contribution in [3.8, 4) is 0 Å². The zero-order valence-corrected chi connectivity index (χ0v) is 11.1. The number of hydrogen-bond acceptors (Lipinski definition) is 2. The third kappa shape index (κ3) is 3.60. The Bertz CT molecular complexity index is 270. The molecule has 0 aromatic rings. The molecule has 2 fully saturated rings. The number of nitrogens with zero attached hydrogens (tertiary/aromatic N) is 1. The summed E-state index contributed by atoms with van der Waals surface area (Å²) in [6.45, 7) is 1.90. The van der Waals surface area contributed by atoms with Crippen LogP contribution in [0.5, 0.6) is 0 Å². The molecule has 0 bridgehead atoms. The lowest BCUT2D eigenvalue weighted by atomic mass is 9.67. The van der Waals surface area contributed by atoms with Crippen LogP contribution in [0.1, 0.15) is 38.5 Å². The van der Waals surface area contributed by atoms with E-state index in [2.05, 4.69) is 15.6 Å². The molecule has 2 aliphatic carbocycles. The smallest absolute Gasteiger partial charge is 0.191 e. The first kappa shape index (κ1) is 12.7. The Labute approximate surface area is 104 Å². The third-order valence-corrected chi connectivity index (χ3v) is 4.02. The number of guanidine groups is 1. The quantitative estimate of drug-likeness (QED) is 0.546. The van der Waals surface area contributed by atoms with Gasteiger partial charge in [0.2, 0.25) is 0 Å². The fourth-order valence-electron chi connectivity index (χ4n) is 2.40. The Hall–Kier alpha value is -0.770. The Morgan fingerprint density at radius 1 is 1.41 bits per heavy atom. The van der Waals surface area contributed by atoms with Crippen molar-refractivity contribution in [3.05, 3.63) is 0 Å². The molecule has 4 nitrogen and oxygen atoms in total. The van der Waals surface area contributed by atoms with Gasteiger partial charge in [-0.3, -0.25) is 4.99 Å². The summed E-state index contributed by atoms with van der Waals surface area (Å²) in [5.74, 6) is 0.969. The van der Waals surface area contributed by atoms with Crippen LogP contribution in [0.25, 0.3) is 0 Å². The van der Waals surface area contributed by atoms with E-state index in [9.17, 15) is 0 Å². The first-order valence-electron chi connectivity index (χ1n) is 6.74. The van der Waals surface area contributed by atoms with Crippen LogP contribution in [0.3, 0.4) is 0 Å². The number of aliphatic imine (C=N–C) groups is 1. The van der Waals surface area contributed by atoms with Crippen LogP contribution in [0.2, 0.25) is 0 Å². The van der Waals surface area contributed by atoms with Crippen molar-refractivity contribution in [1.29, 1.82) is 0 Å². The van der Waals surface area contributed by atoms with E-state index in [0.717, 1.165) is 25.5 Å². The van der Waals surface area contributed by atoms with Crippen molar-refractivity contribution in [2.75, 3.05) is 27.3 Å². The summed E-state index contributed by atoms with van der Waals surface area (Å²) >= 11 is 0. The molecule has 0 atom stereocenters. The molecule has 2 saturated carbocycles. The second-order valence-electron chi connectivity index (χ2n) is 5.44. The Morgan fingerprint density at radius 2 is 2.18 bits per heavy atom. The van der Waals surface area contributed by atoms with E-state index in [1.54, 1.807) is 7.11 Å². The number of rotatable bonds is 6. The number of hydrogen-bond donors (Lipinski definition) is 2. The molecule has 0 aliphatic heterocycles. The summed E-state index contributed by atoms with van der Waals surface area (Å²) in [4.78, 5) is 4.27.